The normalized spacial score (nSPS) is 12.1. The molecule has 146 valence electrons. The van der Waals surface area contributed by atoms with Crippen molar-refractivity contribution < 1.29 is 14.1 Å². The van der Waals surface area contributed by atoms with Crippen LogP contribution in [0.2, 0.25) is 5.02 Å². The van der Waals surface area contributed by atoms with Crippen LogP contribution < -0.4 is 10.2 Å². The van der Waals surface area contributed by atoms with Crippen LogP contribution in [0.3, 0.4) is 0 Å². The standard InChI is InChI=1S/C22H23ClN2O2S/c1-25(2)20(21-4-3-13-27-21)14-24-22(26)17-7-5-16(6-8-17)15-28-19-11-9-18(23)10-12-19/h3-13,20H,14-15H2,1-2H3,(H,24,26)/p+1/t20-/m1/s1. The summed E-state index contributed by atoms with van der Waals surface area (Å²) < 4.78 is 5.50. The van der Waals surface area contributed by atoms with Gasteiger partial charge < -0.3 is 14.6 Å². The Kier molecular flexibility index (Phi) is 7.20. The fraction of sp³-hybridized carbons (Fsp3) is 0.227. The van der Waals surface area contributed by atoms with Gasteiger partial charge in [0.25, 0.3) is 5.91 Å². The van der Waals surface area contributed by atoms with Crippen molar-refractivity contribution in [2.24, 2.45) is 0 Å². The lowest BCUT2D eigenvalue weighted by Crippen LogP contribution is -3.07. The zero-order valence-corrected chi connectivity index (χ0v) is 17.5. The third kappa shape index (κ3) is 5.64. The fourth-order valence-corrected chi connectivity index (χ4v) is 3.81. The maximum absolute atomic E-state index is 12.5. The number of quaternary nitrogens is 1. The molecule has 6 heteroatoms. The van der Waals surface area contributed by atoms with Crippen molar-refractivity contribution >= 4 is 29.3 Å². The van der Waals surface area contributed by atoms with Crippen LogP contribution in [0.25, 0.3) is 0 Å². The van der Waals surface area contributed by atoms with E-state index in [0.29, 0.717) is 12.1 Å². The molecule has 0 unspecified atom stereocenters. The number of carbonyl (C=O) groups excluding carboxylic acids is 1. The van der Waals surface area contributed by atoms with Gasteiger partial charge in [-0.25, -0.2) is 0 Å². The second kappa shape index (κ2) is 9.82. The van der Waals surface area contributed by atoms with Gasteiger partial charge in [0.1, 0.15) is 0 Å². The number of nitrogens with one attached hydrogen (secondary N) is 2. The van der Waals surface area contributed by atoms with Gasteiger partial charge in [0.05, 0.1) is 26.9 Å². The minimum atomic E-state index is -0.0743. The summed E-state index contributed by atoms with van der Waals surface area (Å²) >= 11 is 7.65. The molecule has 1 heterocycles. The van der Waals surface area contributed by atoms with E-state index in [0.717, 1.165) is 16.5 Å². The van der Waals surface area contributed by atoms with Crippen LogP contribution in [0.1, 0.15) is 27.7 Å². The van der Waals surface area contributed by atoms with Crippen LogP contribution in [0.15, 0.2) is 76.2 Å². The molecule has 1 atom stereocenters. The van der Waals surface area contributed by atoms with Gasteiger partial charge in [-0.15, -0.1) is 11.8 Å². The van der Waals surface area contributed by atoms with Crippen LogP contribution in [0.5, 0.6) is 0 Å². The highest BCUT2D eigenvalue weighted by Crippen LogP contribution is 2.24. The number of hydrogen-bond donors (Lipinski definition) is 2. The van der Waals surface area contributed by atoms with Crippen molar-refractivity contribution in [2.75, 3.05) is 20.6 Å². The number of benzene rings is 2. The van der Waals surface area contributed by atoms with Gasteiger partial charge >= 0.3 is 0 Å². The van der Waals surface area contributed by atoms with Crippen molar-refractivity contribution in [1.29, 1.82) is 0 Å². The summed E-state index contributed by atoms with van der Waals surface area (Å²) in [6, 6.07) is 19.4. The summed E-state index contributed by atoms with van der Waals surface area (Å²) in [6.45, 7) is 0.517. The van der Waals surface area contributed by atoms with E-state index < -0.39 is 0 Å². The topological polar surface area (TPSA) is 46.7 Å². The van der Waals surface area contributed by atoms with Gasteiger partial charge in [0, 0.05) is 21.2 Å². The van der Waals surface area contributed by atoms with Crippen LogP contribution in [0, 0.1) is 0 Å². The number of thioether (sulfide) groups is 1. The highest BCUT2D eigenvalue weighted by molar-refractivity contribution is 7.98. The lowest BCUT2D eigenvalue weighted by atomic mass is 10.1. The second-order valence-corrected chi connectivity index (χ2v) is 8.28. The highest BCUT2D eigenvalue weighted by Gasteiger charge is 2.21. The first-order valence-corrected chi connectivity index (χ1v) is 10.5. The maximum atomic E-state index is 12.5. The van der Waals surface area contributed by atoms with Crippen LogP contribution in [-0.4, -0.2) is 26.5 Å². The Morgan fingerprint density at radius 2 is 1.82 bits per heavy atom. The zero-order chi connectivity index (χ0) is 19.9. The minimum Gasteiger partial charge on any atom is -0.463 e. The Bertz CT molecular complexity index is 878. The molecule has 0 aliphatic rings. The predicted molar refractivity (Wildman–Crippen MR) is 114 cm³/mol. The number of likely N-dealkylation sites (N-methyl/N-ethyl adjacent to an activating group) is 1. The molecule has 3 rings (SSSR count). The van der Waals surface area contributed by atoms with E-state index in [1.807, 2.05) is 74.8 Å². The predicted octanol–water partition coefficient (Wildman–Crippen LogP) is 3.84. The van der Waals surface area contributed by atoms with Crippen molar-refractivity contribution in [2.45, 2.75) is 16.7 Å². The van der Waals surface area contributed by atoms with E-state index in [4.69, 9.17) is 16.0 Å². The number of hydrogen-bond acceptors (Lipinski definition) is 3. The molecule has 1 aromatic heterocycles. The molecule has 0 aliphatic carbocycles. The fourth-order valence-electron chi connectivity index (χ4n) is 2.83. The van der Waals surface area contributed by atoms with E-state index in [-0.39, 0.29) is 11.9 Å². The number of rotatable bonds is 8. The Morgan fingerprint density at radius 3 is 2.43 bits per heavy atom. The summed E-state index contributed by atoms with van der Waals surface area (Å²) in [5, 5.41) is 3.75. The van der Waals surface area contributed by atoms with Crippen molar-refractivity contribution in [3.05, 3.63) is 88.8 Å². The summed E-state index contributed by atoms with van der Waals surface area (Å²) in [4.78, 5) is 14.9. The van der Waals surface area contributed by atoms with E-state index in [1.54, 1.807) is 18.0 Å². The van der Waals surface area contributed by atoms with Gasteiger partial charge in [-0.3, -0.25) is 4.79 Å². The van der Waals surface area contributed by atoms with Crippen LogP contribution in [-0.2, 0) is 5.75 Å². The van der Waals surface area contributed by atoms with Crippen molar-refractivity contribution in [1.82, 2.24) is 5.32 Å². The Hall–Kier alpha value is -2.21. The molecule has 0 radical (unpaired) electrons. The first-order valence-electron chi connectivity index (χ1n) is 9.12. The molecule has 0 saturated carbocycles. The molecule has 0 bridgehead atoms. The minimum absolute atomic E-state index is 0.0743. The van der Waals surface area contributed by atoms with Crippen molar-refractivity contribution in [3.8, 4) is 0 Å². The number of halogens is 1. The molecule has 28 heavy (non-hydrogen) atoms. The molecule has 2 N–H and O–H groups in total. The Labute approximate surface area is 174 Å². The summed E-state index contributed by atoms with van der Waals surface area (Å²) in [5.74, 6) is 1.64. The van der Waals surface area contributed by atoms with Gasteiger partial charge in [-0.05, 0) is 54.1 Å². The number of furan rings is 1. The molecule has 0 aliphatic heterocycles. The molecule has 3 aromatic rings. The van der Waals surface area contributed by atoms with Crippen molar-refractivity contribution in [3.63, 3.8) is 0 Å². The second-order valence-electron chi connectivity index (χ2n) is 6.79. The third-order valence-corrected chi connectivity index (χ3v) is 5.82. The molecule has 4 nitrogen and oxygen atoms in total. The number of carbonyl (C=O) groups is 1. The first kappa shape index (κ1) is 20.5. The van der Waals surface area contributed by atoms with Crippen LogP contribution >= 0.6 is 23.4 Å². The average molecular weight is 416 g/mol. The van der Waals surface area contributed by atoms with Gasteiger partial charge in [0.2, 0.25) is 0 Å². The van der Waals surface area contributed by atoms with E-state index in [2.05, 4.69) is 5.32 Å². The largest absolute Gasteiger partial charge is 0.463 e. The molecule has 1 amide bonds. The SMILES string of the molecule is C[NH+](C)[C@H](CNC(=O)c1ccc(CSc2ccc(Cl)cc2)cc1)c1ccco1. The van der Waals surface area contributed by atoms with Gasteiger partial charge in [-0.1, -0.05) is 23.7 Å². The summed E-state index contributed by atoms with van der Waals surface area (Å²) in [6.07, 6.45) is 1.66. The van der Waals surface area contributed by atoms with Gasteiger partial charge in [-0.2, -0.15) is 0 Å². The molecular weight excluding hydrogens is 392 g/mol. The highest BCUT2D eigenvalue weighted by atomic mass is 35.5. The molecular formula is C22H24ClN2O2S+. The monoisotopic (exact) mass is 415 g/mol. The molecule has 0 saturated heterocycles. The van der Waals surface area contributed by atoms with E-state index in [1.165, 1.54) is 15.4 Å². The van der Waals surface area contributed by atoms with Gasteiger partial charge in [0.15, 0.2) is 11.8 Å². The lowest BCUT2D eigenvalue weighted by Gasteiger charge is -2.19. The van der Waals surface area contributed by atoms with E-state index in [9.17, 15) is 4.79 Å². The third-order valence-electron chi connectivity index (χ3n) is 4.49. The summed E-state index contributed by atoms with van der Waals surface area (Å²) in [7, 11) is 4.10. The molecule has 2 aromatic carbocycles. The first-order chi connectivity index (χ1) is 13.5. The number of amides is 1. The average Bonchev–Trinajstić information content (AvgIpc) is 3.22. The maximum Gasteiger partial charge on any atom is 0.251 e. The zero-order valence-electron chi connectivity index (χ0n) is 15.9. The molecule has 0 fully saturated rings. The van der Waals surface area contributed by atoms with Crippen LogP contribution in [0.4, 0.5) is 0 Å². The molecule has 0 spiro atoms. The Balaban J connectivity index is 1.53. The Morgan fingerprint density at radius 1 is 1.11 bits per heavy atom. The van der Waals surface area contributed by atoms with E-state index >= 15 is 0 Å². The smallest absolute Gasteiger partial charge is 0.251 e. The quantitative estimate of drug-likeness (QED) is 0.549. The lowest BCUT2D eigenvalue weighted by molar-refractivity contribution is -0.891. The summed E-state index contributed by atoms with van der Waals surface area (Å²) in [5.41, 5.74) is 1.83.